The van der Waals surface area contributed by atoms with Gasteiger partial charge in [0.2, 0.25) is 0 Å². The average molecular weight is 255 g/mol. The van der Waals surface area contributed by atoms with Crippen molar-refractivity contribution in [1.29, 1.82) is 5.26 Å². The monoisotopic (exact) mass is 255 g/mol. The predicted molar refractivity (Wildman–Crippen MR) is 75.7 cm³/mol. The second-order valence-electron chi connectivity index (χ2n) is 5.68. The SMILES string of the molecule is CCC1(C(=O)C(C#N)c2cccc(C)c2)CCCC1. The van der Waals surface area contributed by atoms with Gasteiger partial charge in [0.15, 0.2) is 5.78 Å². The summed E-state index contributed by atoms with van der Waals surface area (Å²) in [5.41, 5.74) is 1.71. The van der Waals surface area contributed by atoms with Crippen LogP contribution in [0.4, 0.5) is 0 Å². The van der Waals surface area contributed by atoms with Crippen molar-refractivity contribution in [3.8, 4) is 6.07 Å². The van der Waals surface area contributed by atoms with E-state index < -0.39 is 5.92 Å². The molecule has 2 rings (SSSR count). The van der Waals surface area contributed by atoms with Crippen molar-refractivity contribution in [3.05, 3.63) is 35.4 Å². The molecule has 1 saturated carbocycles. The van der Waals surface area contributed by atoms with Crippen molar-refractivity contribution in [3.63, 3.8) is 0 Å². The number of Topliss-reactive ketones (excluding diaryl/α,β-unsaturated/α-hetero) is 1. The molecule has 0 N–H and O–H groups in total. The summed E-state index contributed by atoms with van der Waals surface area (Å²) in [5, 5.41) is 9.44. The molecule has 0 saturated heterocycles. The zero-order valence-corrected chi connectivity index (χ0v) is 11.8. The van der Waals surface area contributed by atoms with Crippen molar-refractivity contribution in [2.75, 3.05) is 0 Å². The van der Waals surface area contributed by atoms with Crippen LogP contribution in [0, 0.1) is 23.7 Å². The van der Waals surface area contributed by atoms with Gasteiger partial charge in [-0.1, -0.05) is 49.6 Å². The molecular weight excluding hydrogens is 234 g/mol. The Kier molecular flexibility index (Phi) is 4.04. The largest absolute Gasteiger partial charge is 0.297 e. The Morgan fingerprint density at radius 2 is 2.11 bits per heavy atom. The third-order valence-corrected chi connectivity index (χ3v) is 4.53. The minimum atomic E-state index is -0.599. The molecular formula is C17H21NO. The molecule has 1 unspecified atom stereocenters. The molecule has 0 spiro atoms. The smallest absolute Gasteiger partial charge is 0.160 e. The van der Waals surface area contributed by atoms with Crippen molar-refractivity contribution < 1.29 is 4.79 Å². The maximum Gasteiger partial charge on any atom is 0.160 e. The number of ketones is 1. The summed E-state index contributed by atoms with van der Waals surface area (Å²) in [6.07, 6.45) is 4.99. The molecule has 2 nitrogen and oxygen atoms in total. The van der Waals surface area contributed by atoms with E-state index in [0.29, 0.717) is 0 Å². The lowest BCUT2D eigenvalue weighted by atomic mass is 9.73. The van der Waals surface area contributed by atoms with E-state index in [4.69, 9.17) is 0 Å². The Labute approximate surface area is 115 Å². The van der Waals surface area contributed by atoms with Gasteiger partial charge in [-0.3, -0.25) is 4.79 Å². The third-order valence-electron chi connectivity index (χ3n) is 4.53. The molecule has 1 aliphatic carbocycles. The number of carbonyl (C=O) groups excluding carboxylic acids is 1. The highest BCUT2D eigenvalue weighted by Crippen LogP contribution is 2.45. The first-order chi connectivity index (χ1) is 9.13. The number of nitriles is 1. The van der Waals surface area contributed by atoms with E-state index in [0.717, 1.165) is 43.2 Å². The number of hydrogen-bond donors (Lipinski definition) is 0. The van der Waals surface area contributed by atoms with Crippen LogP contribution in [-0.2, 0) is 4.79 Å². The summed E-state index contributed by atoms with van der Waals surface area (Å²) in [7, 11) is 0. The van der Waals surface area contributed by atoms with Crippen molar-refractivity contribution >= 4 is 5.78 Å². The quantitative estimate of drug-likeness (QED) is 0.811. The van der Waals surface area contributed by atoms with Crippen LogP contribution >= 0.6 is 0 Å². The first kappa shape index (κ1) is 13.8. The number of hydrogen-bond acceptors (Lipinski definition) is 2. The summed E-state index contributed by atoms with van der Waals surface area (Å²) >= 11 is 0. The van der Waals surface area contributed by atoms with Gasteiger partial charge in [0.05, 0.1) is 6.07 Å². The van der Waals surface area contributed by atoms with Gasteiger partial charge in [0.25, 0.3) is 0 Å². The highest BCUT2D eigenvalue weighted by molar-refractivity contribution is 5.93. The zero-order chi connectivity index (χ0) is 13.9. The van der Waals surface area contributed by atoms with E-state index in [-0.39, 0.29) is 11.2 Å². The third kappa shape index (κ3) is 2.56. The molecule has 1 aliphatic rings. The second-order valence-corrected chi connectivity index (χ2v) is 5.68. The highest BCUT2D eigenvalue weighted by atomic mass is 16.1. The Hall–Kier alpha value is -1.62. The zero-order valence-electron chi connectivity index (χ0n) is 11.8. The van der Waals surface area contributed by atoms with Gasteiger partial charge in [0, 0.05) is 5.41 Å². The molecule has 2 heteroatoms. The molecule has 1 aromatic carbocycles. The van der Waals surface area contributed by atoms with Crippen LogP contribution in [0.3, 0.4) is 0 Å². The predicted octanol–water partition coefficient (Wildman–Crippen LogP) is 4.14. The summed E-state index contributed by atoms with van der Waals surface area (Å²) in [6.45, 7) is 4.07. The fourth-order valence-electron chi connectivity index (χ4n) is 3.27. The van der Waals surface area contributed by atoms with Crippen LogP contribution in [0.5, 0.6) is 0 Å². The van der Waals surface area contributed by atoms with E-state index in [2.05, 4.69) is 13.0 Å². The molecule has 19 heavy (non-hydrogen) atoms. The number of aryl methyl sites for hydroxylation is 1. The van der Waals surface area contributed by atoms with E-state index in [1.807, 2.05) is 31.2 Å². The minimum Gasteiger partial charge on any atom is -0.297 e. The number of rotatable bonds is 4. The maximum atomic E-state index is 12.8. The number of nitrogens with zero attached hydrogens (tertiary/aromatic N) is 1. The van der Waals surface area contributed by atoms with Gasteiger partial charge in [-0.15, -0.1) is 0 Å². The maximum absolute atomic E-state index is 12.8. The summed E-state index contributed by atoms with van der Waals surface area (Å²) < 4.78 is 0. The molecule has 1 aromatic rings. The van der Waals surface area contributed by atoms with Crippen LogP contribution < -0.4 is 0 Å². The van der Waals surface area contributed by atoms with Gasteiger partial charge < -0.3 is 0 Å². The number of benzene rings is 1. The molecule has 0 radical (unpaired) electrons. The minimum absolute atomic E-state index is 0.139. The van der Waals surface area contributed by atoms with Gasteiger partial charge in [0.1, 0.15) is 5.92 Å². The van der Waals surface area contributed by atoms with Gasteiger partial charge in [-0.25, -0.2) is 0 Å². The normalized spacial score (nSPS) is 18.8. The van der Waals surface area contributed by atoms with Crippen LogP contribution in [0.1, 0.15) is 56.1 Å². The van der Waals surface area contributed by atoms with E-state index in [9.17, 15) is 10.1 Å². The average Bonchev–Trinajstić information content (AvgIpc) is 2.89. The number of carbonyl (C=O) groups is 1. The fraction of sp³-hybridized carbons (Fsp3) is 0.529. The second kappa shape index (κ2) is 5.57. The van der Waals surface area contributed by atoms with Gasteiger partial charge >= 0.3 is 0 Å². The summed E-state index contributed by atoms with van der Waals surface area (Å²) in [4.78, 5) is 12.8. The van der Waals surface area contributed by atoms with Gasteiger partial charge in [-0.05, 0) is 31.7 Å². The molecule has 1 atom stereocenters. The molecule has 100 valence electrons. The molecule has 0 bridgehead atoms. The highest BCUT2D eigenvalue weighted by Gasteiger charge is 2.43. The molecule has 0 aliphatic heterocycles. The molecule has 0 aromatic heterocycles. The van der Waals surface area contributed by atoms with Crippen LogP contribution in [0.2, 0.25) is 0 Å². The molecule has 0 heterocycles. The summed E-state index contributed by atoms with van der Waals surface area (Å²) in [5.74, 6) is -0.460. The topological polar surface area (TPSA) is 40.9 Å². The Morgan fingerprint density at radius 3 is 2.63 bits per heavy atom. The fourth-order valence-corrected chi connectivity index (χ4v) is 3.27. The van der Waals surface area contributed by atoms with Gasteiger partial charge in [-0.2, -0.15) is 5.26 Å². The lowest BCUT2D eigenvalue weighted by Crippen LogP contribution is -2.31. The van der Waals surface area contributed by atoms with Crippen LogP contribution in [0.25, 0.3) is 0 Å². The van der Waals surface area contributed by atoms with E-state index in [1.54, 1.807) is 0 Å². The molecule has 1 fully saturated rings. The lowest BCUT2D eigenvalue weighted by molar-refractivity contribution is -0.129. The van der Waals surface area contributed by atoms with E-state index >= 15 is 0 Å². The molecule has 0 amide bonds. The van der Waals surface area contributed by atoms with Crippen molar-refractivity contribution in [2.45, 2.75) is 51.9 Å². The van der Waals surface area contributed by atoms with Crippen LogP contribution in [0.15, 0.2) is 24.3 Å². The Balaban J connectivity index is 2.32. The lowest BCUT2D eigenvalue weighted by Gasteiger charge is -2.28. The first-order valence-electron chi connectivity index (χ1n) is 7.13. The van der Waals surface area contributed by atoms with Crippen LogP contribution in [-0.4, -0.2) is 5.78 Å². The van der Waals surface area contributed by atoms with Crippen molar-refractivity contribution in [1.82, 2.24) is 0 Å². The van der Waals surface area contributed by atoms with Crippen molar-refractivity contribution in [2.24, 2.45) is 5.41 Å². The van der Waals surface area contributed by atoms with E-state index in [1.165, 1.54) is 0 Å². The first-order valence-corrected chi connectivity index (χ1v) is 7.13. The summed E-state index contributed by atoms with van der Waals surface area (Å²) in [6, 6.07) is 10.0. The Bertz CT molecular complexity index is 506. The standard InChI is InChI=1S/C17H21NO/c1-3-17(9-4-5-10-17)16(19)15(12-18)14-8-6-7-13(2)11-14/h6-8,11,15H,3-5,9-10H2,1-2H3. The Morgan fingerprint density at radius 1 is 1.42 bits per heavy atom.